The maximum absolute atomic E-state index is 12.0. The highest BCUT2D eigenvalue weighted by Gasteiger charge is 2.19. The Bertz CT molecular complexity index is 792. The van der Waals surface area contributed by atoms with Gasteiger partial charge in [0.15, 0.2) is 0 Å². The predicted octanol–water partition coefficient (Wildman–Crippen LogP) is 2.17. The van der Waals surface area contributed by atoms with E-state index in [0.717, 1.165) is 17.0 Å². The molecule has 21 heavy (non-hydrogen) atoms. The lowest BCUT2D eigenvalue weighted by Crippen LogP contribution is -2.22. The van der Waals surface area contributed by atoms with Crippen molar-refractivity contribution < 1.29 is 19.2 Å². The molecule has 0 fully saturated rings. The Kier molecular flexibility index (Phi) is 3.94. The average Bonchev–Trinajstić information content (AvgIpc) is 2.88. The zero-order valence-electron chi connectivity index (χ0n) is 10.7. The summed E-state index contributed by atoms with van der Waals surface area (Å²) in [7, 11) is 0. The summed E-state index contributed by atoms with van der Waals surface area (Å²) in [5.41, 5.74) is -0.511. The molecule has 8 nitrogen and oxygen atoms in total. The van der Waals surface area contributed by atoms with Crippen molar-refractivity contribution in [3.63, 3.8) is 0 Å². The number of carboxylic acids is 1. The van der Waals surface area contributed by atoms with E-state index in [4.69, 9.17) is 9.52 Å². The number of carbonyl (C=O) groups is 1. The number of nitrogens with zero attached hydrogens (tertiary/aromatic N) is 2. The minimum absolute atomic E-state index is 0.0567. The zero-order valence-corrected chi connectivity index (χ0v) is 12.3. The van der Waals surface area contributed by atoms with Crippen LogP contribution < -0.4 is 5.56 Å². The normalized spacial score (nSPS) is 10.6. The minimum atomic E-state index is -1.16. The molecule has 0 atom stereocenters. The number of furan rings is 1. The summed E-state index contributed by atoms with van der Waals surface area (Å²) in [6.07, 6.45) is 2.14. The van der Waals surface area contributed by atoms with Crippen LogP contribution in [0.4, 0.5) is 5.69 Å². The molecule has 9 heteroatoms. The smallest absolute Gasteiger partial charge is 0.338 e. The van der Waals surface area contributed by atoms with Crippen LogP contribution in [0.2, 0.25) is 0 Å². The third-order valence-corrected chi connectivity index (χ3v) is 3.80. The van der Waals surface area contributed by atoms with E-state index in [-0.39, 0.29) is 33.6 Å². The van der Waals surface area contributed by atoms with Crippen LogP contribution in [0.15, 0.2) is 32.2 Å². The second-order valence-corrected chi connectivity index (χ2v) is 5.04. The SMILES string of the molecule is Cc1c([N+](=O)[O-])cn(Cc2cc(C(=O)O)co2)c(=O)c1Br. The topological polar surface area (TPSA) is 116 Å². The van der Waals surface area contributed by atoms with E-state index in [9.17, 15) is 19.7 Å². The van der Waals surface area contributed by atoms with Crippen molar-refractivity contribution >= 4 is 27.6 Å². The first-order chi connectivity index (χ1) is 9.81. The van der Waals surface area contributed by atoms with Crippen molar-refractivity contribution in [3.05, 3.63) is 60.4 Å². The fourth-order valence-electron chi connectivity index (χ4n) is 1.75. The van der Waals surface area contributed by atoms with Gasteiger partial charge < -0.3 is 14.1 Å². The Morgan fingerprint density at radius 2 is 2.24 bits per heavy atom. The Morgan fingerprint density at radius 1 is 1.57 bits per heavy atom. The maximum Gasteiger partial charge on any atom is 0.338 e. The number of hydrogen-bond acceptors (Lipinski definition) is 5. The Balaban J connectivity index is 2.46. The lowest BCUT2D eigenvalue weighted by atomic mass is 10.2. The monoisotopic (exact) mass is 356 g/mol. The van der Waals surface area contributed by atoms with Gasteiger partial charge in [-0.05, 0) is 28.9 Å². The molecule has 0 aliphatic rings. The molecule has 0 radical (unpaired) electrons. The van der Waals surface area contributed by atoms with Crippen molar-refractivity contribution in [1.29, 1.82) is 0 Å². The van der Waals surface area contributed by atoms with Gasteiger partial charge in [0, 0.05) is 5.56 Å². The largest absolute Gasteiger partial charge is 0.478 e. The van der Waals surface area contributed by atoms with E-state index in [2.05, 4.69) is 15.9 Å². The number of nitro groups is 1. The molecule has 0 spiro atoms. The highest BCUT2D eigenvalue weighted by molar-refractivity contribution is 9.10. The van der Waals surface area contributed by atoms with E-state index in [1.807, 2.05) is 0 Å². The summed E-state index contributed by atoms with van der Waals surface area (Å²) in [5.74, 6) is -0.951. The van der Waals surface area contributed by atoms with Crippen LogP contribution in [-0.2, 0) is 6.54 Å². The molecule has 2 rings (SSSR count). The molecule has 0 unspecified atom stereocenters. The Labute approximate surface area is 125 Å². The van der Waals surface area contributed by atoms with Gasteiger partial charge in [-0.2, -0.15) is 0 Å². The summed E-state index contributed by atoms with van der Waals surface area (Å²) in [5, 5.41) is 19.7. The number of hydrogen-bond donors (Lipinski definition) is 1. The molecule has 0 bridgehead atoms. The van der Waals surface area contributed by atoms with E-state index in [1.165, 1.54) is 13.0 Å². The van der Waals surface area contributed by atoms with Crippen LogP contribution in [0.25, 0.3) is 0 Å². The minimum Gasteiger partial charge on any atom is -0.478 e. The number of halogens is 1. The van der Waals surface area contributed by atoms with Gasteiger partial charge in [0.05, 0.1) is 27.7 Å². The second kappa shape index (κ2) is 5.52. The number of carboxylic acid groups (broad SMARTS) is 1. The molecular weight excluding hydrogens is 348 g/mol. The molecular formula is C12H9BrN2O6. The summed E-state index contributed by atoms with van der Waals surface area (Å²) in [6.45, 7) is 1.36. The molecule has 2 aromatic heterocycles. The zero-order chi connectivity index (χ0) is 15.7. The van der Waals surface area contributed by atoms with Crippen molar-refractivity contribution in [1.82, 2.24) is 4.57 Å². The van der Waals surface area contributed by atoms with Gasteiger partial charge in [-0.25, -0.2) is 4.79 Å². The average molecular weight is 357 g/mol. The number of aromatic carboxylic acids is 1. The summed E-state index contributed by atoms with van der Waals surface area (Å²) >= 11 is 3.03. The van der Waals surface area contributed by atoms with Crippen LogP contribution in [0.1, 0.15) is 21.7 Å². The van der Waals surface area contributed by atoms with Crippen LogP contribution in [0.5, 0.6) is 0 Å². The van der Waals surface area contributed by atoms with Crippen molar-refractivity contribution in [2.24, 2.45) is 0 Å². The molecule has 2 aromatic rings. The molecule has 1 N–H and O–H groups in total. The molecule has 0 aliphatic heterocycles. The molecule has 0 aliphatic carbocycles. The van der Waals surface area contributed by atoms with Crippen molar-refractivity contribution in [2.75, 3.05) is 0 Å². The number of rotatable bonds is 4. The summed E-state index contributed by atoms with van der Waals surface area (Å²) in [4.78, 5) is 33.2. The Morgan fingerprint density at radius 3 is 2.76 bits per heavy atom. The first-order valence-corrected chi connectivity index (χ1v) is 6.45. The van der Waals surface area contributed by atoms with Gasteiger partial charge in [0.2, 0.25) is 0 Å². The van der Waals surface area contributed by atoms with Crippen LogP contribution in [0, 0.1) is 17.0 Å². The Hall–Kier alpha value is -2.42. The van der Waals surface area contributed by atoms with Gasteiger partial charge in [0.25, 0.3) is 11.2 Å². The number of aromatic nitrogens is 1. The van der Waals surface area contributed by atoms with Gasteiger partial charge in [-0.3, -0.25) is 14.9 Å². The van der Waals surface area contributed by atoms with Gasteiger partial charge in [-0.15, -0.1) is 0 Å². The van der Waals surface area contributed by atoms with Gasteiger partial charge >= 0.3 is 5.97 Å². The predicted molar refractivity (Wildman–Crippen MR) is 74.6 cm³/mol. The summed E-state index contributed by atoms with van der Waals surface area (Å²) < 4.78 is 6.20. The van der Waals surface area contributed by atoms with E-state index < -0.39 is 16.5 Å². The first kappa shape index (κ1) is 15.0. The summed E-state index contributed by atoms with van der Waals surface area (Å²) in [6, 6.07) is 1.26. The van der Waals surface area contributed by atoms with E-state index in [1.54, 1.807) is 0 Å². The van der Waals surface area contributed by atoms with Crippen LogP contribution >= 0.6 is 15.9 Å². The number of pyridine rings is 1. The lowest BCUT2D eigenvalue weighted by molar-refractivity contribution is -0.386. The highest BCUT2D eigenvalue weighted by atomic mass is 79.9. The third kappa shape index (κ3) is 2.87. The fraction of sp³-hybridized carbons (Fsp3) is 0.167. The molecule has 0 amide bonds. The molecule has 110 valence electrons. The van der Waals surface area contributed by atoms with E-state index >= 15 is 0 Å². The highest BCUT2D eigenvalue weighted by Crippen LogP contribution is 2.22. The molecule has 2 heterocycles. The molecule has 0 saturated heterocycles. The standard InChI is InChI=1S/C12H9BrN2O6/c1-6-9(15(19)20)4-14(11(16)10(6)13)3-8-2-7(5-21-8)12(17)18/h2,4-5H,3H2,1H3,(H,17,18). The maximum atomic E-state index is 12.0. The van der Waals surface area contributed by atoms with Gasteiger partial charge in [-0.1, -0.05) is 0 Å². The van der Waals surface area contributed by atoms with E-state index in [0.29, 0.717) is 0 Å². The van der Waals surface area contributed by atoms with Crippen LogP contribution in [-0.4, -0.2) is 20.6 Å². The van der Waals surface area contributed by atoms with Crippen molar-refractivity contribution in [2.45, 2.75) is 13.5 Å². The van der Waals surface area contributed by atoms with Crippen LogP contribution in [0.3, 0.4) is 0 Å². The first-order valence-electron chi connectivity index (χ1n) is 5.66. The van der Waals surface area contributed by atoms with Gasteiger partial charge in [0.1, 0.15) is 12.0 Å². The fourth-order valence-corrected chi connectivity index (χ4v) is 2.18. The molecule has 0 aromatic carbocycles. The second-order valence-electron chi connectivity index (χ2n) is 4.25. The van der Waals surface area contributed by atoms with Crippen molar-refractivity contribution in [3.8, 4) is 0 Å². The quantitative estimate of drug-likeness (QED) is 0.662. The third-order valence-electron chi connectivity index (χ3n) is 2.86. The lowest BCUT2D eigenvalue weighted by Gasteiger charge is -2.06. The molecule has 0 saturated carbocycles.